The number of ketones is 1. The van der Waals surface area contributed by atoms with E-state index in [1.54, 1.807) is 28.9 Å². The van der Waals surface area contributed by atoms with Gasteiger partial charge in [0, 0.05) is 63.5 Å². The lowest BCUT2D eigenvalue weighted by atomic mass is 9.86. The summed E-state index contributed by atoms with van der Waals surface area (Å²) < 4.78 is 16.4. The van der Waals surface area contributed by atoms with Crippen LogP contribution in [-0.2, 0) is 4.74 Å². The van der Waals surface area contributed by atoms with Crippen molar-refractivity contribution in [2.75, 3.05) is 68.8 Å². The average Bonchev–Trinajstić information content (AvgIpc) is 3.71. The van der Waals surface area contributed by atoms with Gasteiger partial charge in [0.15, 0.2) is 17.3 Å². The Kier molecular flexibility index (Phi) is 6.14. The number of ether oxygens (including phenoxy) is 1. The number of hydrogen-bond donors (Lipinski definition) is 0. The first-order chi connectivity index (χ1) is 20.0. The third-order valence-corrected chi connectivity index (χ3v) is 8.14. The van der Waals surface area contributed by atoms with Crippen molar-refractivity contribution in [1.29, 1.82) is 0 Å². The highest BCUT2D eigenvalue weighted by Gasteiger charge is 2.36. The molecule has 1 aliphatic carbocycles. The van der Waals surface area contributed by atoms with Crippen molar-refractivity contribution in [3.63, 3.8) is 0 Å². The van der Waals surface area contributed by atoms with Gasteiger partial charge in [-0.15, -0.1) is 0 Å². The maximum atomic E-state index is 14.0. The Bertz CT molecular complexity index is 1650. The molecule has 0 N–H and O–H groups in total. The Balaban J connectivity index is 1.26. The minimum Gasteiger partial charge on any atom is -0.459 e. The summed E-state index contributed by atoms with van der Waals surface area (Å²) in [6.45, 7) is 6.42. The van der Waals surface area contributed by atoms with Gasteiger partial charge in [0.1, 0.15) is 5.52 Å². The van der Waals surface area contributed by atoms with E-state index in [4.69, 9.17) is 13.7 Å². The summed E-state index contributed by atoms with van der Waals surface area (Å²) in [4.78, 5) is 47.0. The van der Waals surface area contributed by atoms with E-state index >= 15 is 0 Å². The van der Waals surface area contributed by atoms with Crippen molar-refractivity contribution < 1.29 is 28.1 Å². The molecule has 0 saturated carbocycles. The SMILES string of the molecule is CCOC(=O)N1CCN(c2cc(N3CCN(C(=O)c4ccco4)CC3)c3c4c(onc24)-c2ccccc2C3=O)CC1. The predicted molar refractivity (Wildman–Crippen MR) is 151 cm³/mol. The first kappa shape index (κ1) is 25.2. The van der Waals surface area contributed by atoms with Crippen molar-refractivity contribution in [2.24, 2.45) is 0 Å². The lowest BCUT2D eigenvalue weighted by molar-refractivity contribution is 0.0714. The fourth-order valence-corrected chi connectivity index (χ4v) is 6.06. The number of furan rings is 1. The normalized spacial score (nSPS) is 16.8. The number of fused-ring (bicyclic) bond motifs is 2. The summed E-state index contributed by atoms with van der Waals surface area (Å²) in [5.41, 5.74) is 4.19. The number of carbonyl (C=O) groups is 3. The molecule has 3 aliphatic rings. The van der Waals surface area contributed by atoms with E-state index in [2.05, 4.69) is 15.0 Å². The fraction of sp³-hybridized carbons (Fsp3) is 0.333. The molecule has 2 fully saturated rings. The van der Waals surface area contributed by atoms with Gasteiger partial charge in [0.2, 0.25) is 0 Å². The van der Waals surface area contributed by atoms with Gasteiger partial charge in [-0.05, 0) is 25.1 Å². The standard InChI is InChI=1S/C30H29N5O6/c1-2-39-30(38)35-15-11-33(12-16-35)22-18-21(32-9-13-34(14-10-32)29(37)23-8-5-17-40-23)24-25-26(22)31-41-28(25)20-7-4-3-6-19(20)27(24)36/h3-8,17-18H,2,9-16H2,1H3. The van der Waals surface area contributed by atoms with Gasteiger partial charge in [-0.2, -0.15) is 0 Å². The number of benzene rings is 2. The molecule has 0 spiro atoms. The van der Waals surface area contributed by atoms with Crippen LogP contribution in [0.2, 0.25) is 0 Å². The van der Waals surface area contributed by atoms with Crippen molar-refractivity contribution in [3.05, 3.63) is 65.6 Å². The Morgan fingerprint density at radius 1 is 0.878 bits per heavy atom. The zero-order valence-corrected chi connectivity index (χ0v) is 22.7. The molecule has 0 radical (unpaired) electrons. The first-order valence-electron chi connectivity index (χ1n) is 13.9. The monoisotopic (exact) mass is 555 g/mol. The van der Waals surface area contributed by atoms with E-state index in [-0.39, 0.29) is 17.8 Å². The molecule has 2 aromatic carbocycles. The van der Waals surface area contributed by atoms with Gasteiger partial charge in [0.05, 0.1) is 35.2 Å². The molecule has 11 heteroatoms. The number of carbonyl (C=O) groups excluding carboxylic acids is 3. The average molecular weight is 556 g/mol. The minimum atomic E-state index is -0.310. The molecule has 2 amide bonds. The third kappa shape index (κ3) is 4.11. The van der Waals surface area contributed by atoms with E-state index in [1.807, 2.05) is 30.3 Å². The van der Waals surface area contributed by atoms with Crippen LogP contribution in [0, 0.1) is 0 Å². The van der Waals surface area contributed by atoms with Gasteiger partial charge in [-0.1, -0.05) is 29.4 Å². The summed E-state index contributed by atoms with van der Waals surface area (Å²) in [6, 6.07) is 12.9. The number of piperazine rings is 2. The largest absolute Gasteiger partial charge is 0.459 e. The molecular formula is C30H29N5O6. The van der Waals surface area contributed by atoms with Crippen LogP contribution in [0.3, 0.4) is 0 Å². The van der Waals surface area contributed by atoms with Crippen LogP contribution in [0.15, 0.2) is 57.7 Å². The summed E-state index contributed by atoms with van der Waals surface area (Å²) in [7, 11) is 0. The molecule has 2 aromatic heterocycles. The number of rotatable bonds is 4. The van der Waals surface area contributed by atoms with Crippen molar-refractivity contribution in [1.82, 2.24) is 15.0 Å². The van der Waals surface area contributed by atoms with E-state index < -0.39 is 0 Å². The topological polar surface area (TPSA) is 113 Å². The predicted octanol–water partition coefficient (Wildman–Crippen LogP) is 3.87. The molecule has 41 heavy (non-hydrogen) atoms. The highest BCUT2D eigenvalue weighted by atomic mass is 16.6. The van der Waals surface area contributed by atoms with Gasteiger partial charge in [-0.25, -0.2) is 4.79 Å². The van der Waals surface area contributed by atoms with Crippen molar-refractivity contribution in [2.45, 2.75) is 6.92 Å². The van der Waals surface area contributed by atoms with Gasteiger partial charge in [0.25, 0.3) is 5.91 Å². The summed E-state index contributed by atoms with van der Waals surface area (Å²) in [5.74, 6) is 0.701. The molecule has 210 valence electrons. The van der Waals surface area contributed by atoms with E-state index in [0.717, 1.165) is 16.9 Å². The minimum absolute atomic E-state index is 0.0657. The molecule has 0 bridgehead atoms. The number of nitrogens with zero attached hydrogens (tertiary/aromatic N) is 5. The van der Waals surface area contributed by atoms with Crippen LogP contribution in [0.5, 0.6) is 0 Å². The molecule has 11 nitrogen and oxygen atoms in total. The lowest BCUT2D eigenvalue weighted by Crippen LogP contribution is -2.50. The molecule has 0 atom stereocenters. The van der Waals surface area contributed by atoms with E-state index in [1.165, 1.54) is 6.26 Å². The van der Waals surface area contributed by atoms with Gasteiger partial charge >= 0.3 is 6.09 Å². The van der Waals surface area contributed by atoms with Crippen LogP contribution in [0.4, 0.5) is 16.2 Å². The number of hydrogen-bond acceptors (Lipinski definition) is 9. The highest BCUT2D eigenvalue weighted by Crippen LogP contribution is 2.47. The zero-order chi connectivity index (χ0) is 28.1. The Morgan fingerprint density at radius 3 is 2.24 bits per heavy atom. The maximum absolute atomic E-state index is 14.0. The molecular weight excluding hydrogens is 526 g/mol. The molecule has 7 rings (SSSR count). The summed E-state index contributed by atoms with van der Waals surface area (Å²) in [6.07, 6.45) is 1.19. The Morgan fingerprint density at radius 2 is 1.56 bits per heavy atom. The van der Waals surface area contributed by atoms with Crippen LogP contribution in [0.1, 0.15) is 33.4 Å². The second-order valence-electron chi connectivity index (χ2n) is 10.3. The quantitative estimate of drug-likeness (QED) is 0.326. The van der Waals surface area contributed by atoms with Crippen LogP contribution in [-0.4, -0.2) is 91.7 Å². The smallest absolute Gasteiger partial charge is 0.409 e. The Labute approximate surface area is 235 Å². The second-order valence-corrected chi connectivity index (χ2v) is 10.3. The number of anilines is 2. The zero-order valence-electron chi connectivity index (χ0n) is 22.7. The fourth-order valence-electron chi connectivity index (χ4n) is 6.06. The Hall–Kier alpha value is -4.80. The third-order valence-electron chi connectivity index (χ3n) is 8.14. The molecule has 2 saturated heterocycles. The molecule has 4 heterocycles. The second kappa shape index (κ2) is 9.99. The van der Waals surface area contributed by atoms with E-state index in [0.29, 0.717) is 92.5 Å². The van der Waals surface area contributed by atoms with Gasteiger partial charge in [-0.3, -0.25) is 9.59 Å². The molecule has 2 aliphatic heterocycles. The summed E-state index contributed by atoms with van der Waals surface area (Å²) >= 11 is 0. The van der Waals surface area contributed by atoms with Crippen molar-refractivity contribution >= 4 is 40.1 Å². The maximum Gasteiger partial charge on any atom is 0.409 e. The number of aromatic nitrogens is 1. The highest BCUT2D eigenvalue weighted by molar-refractivity contribution is 6.28. The van der Waals surface area contributed by atoms with Crippen LogP contribution < -0.4 is 9.80 Å². The van der Waals surface area contributed by atoms with Crippen LogP contribution >= 0.6 is 0 Å². The van der Waals surface area contributed by atoms with Crippen LogP contribution in [0.25, 0.3) is 22.2 Å². The van der Waals surface area contributed by atoms with Gasteiger partial charge < -0.3 is 33.3 Å². The molecule has 0 unspecified atom stereocenters. The lowest BCUT2D eigenvalue weighted by Gasteiger charge is -2.39. The van der Waals surface area contributed by atoms with Crippen molar-refractivity contribution in [3.8, 4) is 11.3 Å². The first-order valence-corrected chi connectivity index (χ1v) is 13.9. The summed E-state index contributed by atoms with van der Waals surface area (Å²) in [5, 5.41) is 5.19. The molecule has 4 aromatic rings. The number of amides is 2. The van der Waals surface area contributed by atoms with E-state index in [9.17, 15) is 14.4 Å².